The number of para-hydroxylation sites is 1. The van der Waals surface area contributed by atoms with E-state index in [1.54, 1.807) is 14.7 Å². The van der Waals surface area contributed by atoms with Crippen molar-refractivity contribution in [1.29, 1.82) is 0 Å². The average molecular weight is 598 g/mol. The third kappa shape index (κ3) is 4.70. The van der Waals surface area contributed by atoms with E-state index in [1.807, 2.05) is 107 Å². The minimum Gasteiger partial charge on any atom is -0.394 e. The molecule has 0 radical (unpaired) electrons. The number of fused-ring (bicyclic) bond motifs is 2. The Morgan fingerprint density at radius 2 is 1.57 bits per heavy atom. The van der Waals surface area contributed by atoms with Gasteiger partial charge in [-0.3, -0.25) is 14.4 Å². The van der Waals surface area contributed by atoms with Crippen LogP contribution in [0.15, 0.2) is 72.8 Å². The number of benzene rings is 2. The number of carbonyl (C=O) groups excluding carboxylic acids is 3. The van der Waals surface area contributed by atoms with Crippen molar-refractivity contribution in [1.82, 2.24) is 9.80 Å². The van der Waals surface area contributed by atoms with Crippen LogP contribution in [0.25, 0.3) is 0 Å². The van der Waals surface area contributed by atoms with Gasteiger partial charge in [0.2, 0.25) is 11.8 Å². The van der Waals surface area contributed by atoms with Gasteiger partial charge < -0.3 is 24.5 Å². The summed E-state index contributed by atoms with van der Waals surface area (Å²) in [4.78, 5) is 49.4. The molecule has 4 heterocycles. The summed E-state index contributed by atoms with van der Waals surface area (Å²) in [6.07, 6.45) is 8.15. The second-order valence-electron chi connectivity index (χ2n) is 13.4. The zero-order valence-electron chi connectivity index (χ0n) is 26.3. The Morgan fingerprint density at radius 3 is 2.23 bits per heavy atom. The maximum Gasteiger partial charge on any atom is 0.253 e. The van der Waals surface area contributed by atoms with Crippen LogP contribution in [-0.4, -0.2) is 75.6 Å². The van der Waals surface area contributed by atoms with Gasteiger partial charge in [-0.05, 0) is 49.8 Å². The molecule has 232 valence electrons. The highest BCUT2D eigenvalue weighted by Gasteiger charge is 2.75. The van der Waals surface area contributed by atoms with Crippen molar-refractivity contribution in [3.63, 3.8) is 0 Å². The van der Waals surface area contributed by atoms with Crippen molar-refractivity contribution in [2.45, 2.75) is 70.9 Å². The van der Waals surface area contributed by atoms with Gasteiger partial charge in [0.1, 0.15) is 11.6 Å². The third-order valence-electron chi connectivity index (χ3n) is 9.85. The van der Waals surface area contributed by atoms with Crippen molar-refractivity contribution in [2.24, 2.45) is 17.8 Å². The zero-order chi connectivity index (χ0) is 31.4. The summed E-state index contributed by atoms with van der Waals surface area (Å²) in [5.41, 5.74) is 1.24. The molecule has 4 aliphatic rings. The van der Waals surface area contributed by atoms with Gasteiger partial charge >= 0.3 is 0 Å². The first-order chi connectivity index (χ1) is 21.0. The number of hydrogen-bond donors (Lipinski definition) is 1. The van der Waals surface area contributed by atoms with Crippen LogP contribution >= 0.6 is 0 Å². The Morgan fingerprint density at radius 1 is 0.886 bits per heavy atom. The van der Waals surface area contributed by atoms with Crippen LogP contribution in [0.4, 0.5) is 5.69 Å². The van der Waals surface area contributed by atoms with E-state index >= 15 is 0 Å². The van der Waals surface area contributed by atoms with Crippen LogP contribution in [0.2, 0.25) is 0 Å². The molecule has 6 atom stereocenters. The van der Waals surface area contributed by atoms with Gasteiger partial charge in [0.25, 0.3) is 5.91 Å². The maximum absolute atomic E-state index is 14.9. The lowest BCUT2D eigenvalue weighted by molar-refractivity contribution is -0.151. The van der Waals surface area contributed by atoms with Crippen molar-refractivity contribution >= 4 is 23.4 Å². The lowest BCUT2D eigenvalue weighted by atomic mass is 9.74. The number of hydrogen-bond acceptors (Lipinski definition) is 5. The highest BCUT2D eigenvalue weighted by Crippen LogP contribution is 2.58. The van der Waals surface area contributed by atoms with E-state index < -0.39 is 35.1 Å². The number of aliphatic hydroxyl groups excluding tert-OH is 1. The molecule has 4 aliphatic heterocycles. The fourth-order valence-electron chi connectivity index (χ4n) is 8.10. The summed E-state index contributed by atoms with van der Waals surface area (Å²) in [5, 5.41) is 10.7. The molecular formula is C36H43N3O5. The molecule has 6 rings (SSSR count). The van der Waals surface area contributed by atoms with Gasteiger partial charge in [0, 0.05) is 25.3 Å². The number of nitrogens with zero attached hydrogens (tertiary/aromatic N) is 3. The Balaban J connectivity index is 1.48. The molecule has 0 saturated carbocycles. The van der Waals surface area contributed by atoms with Gasteiger partial charge in [-0.2, -0.15) is 0 Å². The van der Waals surface area contributed by atoms with E-state index in [2.05, 4.69) is 0 Å². The predicted molar refractivity (Wildman–Crippen MR) is 169 cm³/mol. The maximum atomic E-state index is 14.9. The van der Waals surface area contributed by atoms with Crippen LogP contribution < -0.4 is 4.90 Å². The van der Waals surface area contributed by atoms with Gasteiger partial charge in [-0.25, -0.2) is 0 Å². The summed E-state index contributed by atoms with van der Waals surface area (Å²) in [5.74, 6) is -2.34. The number of likely N-dealkylation sites (tertiary alicyclic amines) is 1. The number of amides is 3. The molecule has 1 spiro atoms. The first kappa shape index (κ1) is 30.3. The Hall–Kier alpha value is -3.75. The van der Waals surface area contributed by atoms with Crippen molar-refractivity contribution < 1.29 is 24.2 Å². The number of carbonyl (C=O) groups is 3. The molecule has 1 N–H and O–H groups in total. The van der Waals surface area contributed by atoms with E-state index in [9.17, 15) is 19.5 Å². The number of aliphatic hydroxyl groups is 1. The van der Waals surface area contributed by atoms with Crippen LogP contribution in [0.1, 0.15) is 43.9 Å². The summed E-state index contributed by atoms with van der Waals surface area (Å²) >= 11 is 0. The zero-order valence-corrected chi connectivity index (χ0v) is 26.3. The minimum atomic E-state index is -1.38. The molecule has 0 aromatic heterocycles. The molecule has 2 saturated heterocycles. The Kier molecular flexibility index (Phi) is 7.79. The van der Waals surface area contributed by atoms with Crippen LogP contribution in [-0.2, 0) is 25.7 Å². The molecule has 1 unspecified atom stereocenters. The lowest BCUT2D eigenvalue weighted by Crippen LogP contribution is -2.59. The SMILES string of the molecule is Cc1cccc(C)c1N1CC=C[C@]23O[C@@]4(C)C=CCN(Cc5ccccc5)C(=O)[C@H]4[C@H]2C(=O)N([C@@H](CO)CC(C)C)C3C1=O. The number of anilines is 1. The van der Waals surface area contributed by atoms with E-state index in [0.717, 1.165) is 22.4 Å². The third-order valence-corrected chi connectivity index (χ3v) is 9.85. The lowest BCUT2D eigenvalue weighted by Gasteiger charge is -2.40. The van der Waals surface area contributed by atoms with Crippen molar-refractivity contribution in [3.05, 3.63) is 89.5 Å². The van der Waals surface area contributed by atoms with Crippen LogP contribution in [0.5, 0.6) is 0 Å². The molecule has 8 heteroatoms. The highest BCUT2D eigenvalue weighted by molar-refractivity contribution is 6.06. The van der Waals surface area contributed by atoms with Crippen molar-refractivity contribution in [3.8, 4) is 0 Å². The molecule has 2 fully saturated rings. The molecule has 2 aromatic rings. The summed E-state index contributed by atoms with van der Waals surface area (Å²) in [6, 6.07) is 14.1. The van der Waals surface area contributed by atoms with Gasteiger partial charge in [-0.15, -0.1) is 0 Å². The molecule has 3 amide bonds. The normalized spacial score (nSPS) is 30.4. The second-order valence-corrected chi connectivity index (χ2v) is 13.4. The largest absolute Gasteiger partial charge is 0.394 e. The molecular weight excluding hydrogens is 554 g/mol. The van der Waals surface area contributed by atoms with E-state index in [1.165, 1.54) is 0 Å². The molecule has 0 bridgehead atoms. The van der Waals surface area contributed by atoms with Crippen LogP contribution in [0.3, 0.4) is 0 Å². The van der Waals surface area contributed by atoms with Crippen LogP contribution in [0, 0.1) is 31.6 Å². The quantitative estimate of drug-likeness (QED) is 0.484. The van der Waals surface area contributed by atoms with Gasteiger partial charge in [-0.1, -0.05) is 86.7 Å². The molecule has 0 aliphatic carbocycles. The Labute approximate surface area is 260 Å². The summed E-state index contributed by atoms with van der Waals surface area (Å²) in [7, 11) is 0. The first-order valence-electron chi connectivity index (χ1n) is 15.7. The van der Waals surface area contributed by atoms with Gasteiger partial charge in [0.05, 0.1) is 30.1 Å². The first-order valence-corrected chi connectivity index (χ1v) is 15.7. The number of ether oxygens (including phenoxy) is 1. The molecule has 2 aromatic carbocycles. The molecule has 8 nitrogen and oxygen atoms in total. The van der Waals surface area contributed by atoms with E-state index in [-0.39, 0.29) is 30.2 Å². The fourth-order valence-corrected chi connectivity index (χ4v) is 8.10. The topological polar surface area (TPSA) is 90.4 Å². The summed E-state index contributed by atoms with van der Waals surface area (Å²) in [6.45, 7) is 10.7. The van der Waals surface area contributed by atoms with Gasteiger partial charge in [0.15, 0.2) is 0 Å². The number of aryl methyl sites for hydroxylation is 2. The Bertz CT molecular complexity index is 1500. The van der Waals surface area contributed by atoms with Crippen molar-refractivity contribution in [2.75, 3.05) is 24.6 Å². The fraction of sp³-hybridized carbons (Fsp3) is 0.472. The standard InChI is InChI=1S/C36H43N3O5/c1-23(2)20-27(22-40)39-31-34(43)38(30-24(3)12-9-13-25(30)4)19-11-17-36(31)29(33(39)42)28-32(41)37(18-10-16-35(28,5)44-36)21-26-14-7-6-8-15-26/h6-17,23,27-29,31,40H,18-22H2,1-5H3/t27-,28-,29+,31?,35+,36+/m1/s1. The van der Waals surface area contributed by atoms with E-state index in [4.69, 9.17) is 4.74 Å². The second kappa shape index (κ2) is 11.3. The predicted octanol–water partition coefficient (Wildman–Crippen LogP) is 4.18. The van der Waals surface area contributed by atoms with E-state index in [0.29, 0.717) is 26.1 Å². The summed E-state index contributed by atoms with van der Waals surface area (Å²) < 4.78 is 7.00. The minimum absolute atomic E-state index is 0.164. The highest BCUT2D eigenvalue weighted by atomic mass is 16.5. The monoisotopic (exact) mass is 597 g/mol. The molecule has 44 heavy (non-hydrogen) atoms. The average Bonchev–Trinajstić information content (AvgIpc) is 3.26. The smallest absolute Gasteiger partial charge is 0.253 e. The number of rotatable bonds is 7.